The van der Waals surface area contributed by atoms with E-state index in [0.717, 1.165) is 5.56 Å². The Bertz CT molecular complexity index is 322. The van der Waals surface area contributed by atoms with E-state index in [-0.39, 0.29) is 11.3 Å². The summed E-state index contributed by atoms with van der Waals surface area (Å²) in [4.78, 5) is 14.9. The van der Waals surface area contributed by atoms with Crippen molar-refractivity contribution >= 4 is 11.7 Å². The van der Waals surface area contributed by atoms with Gasteiger partial charge in [-0.3, -0.25) is 4.79 Å². The zero-order chi connectivity index (χ0) is 10.8. The fraction of sp³-hybridized carbons (Fsp3) is 0.455. The number of anilines is 1. The number of amides is 1. The average Bonchev–Trinajstić information content (AvgIpc) is 2.02. The summed E-state index contributed by atoms with van der Waals surface area (Å²) in [6, 6.07) is 3.81. The molecule has 1 rings (SSSR count). The van der Waals surface area contributed by atoms with Gasteiger partial charge in [0.05, 0.1) is 0 Å². The molecule has 3 heteroatoms. The van der Waals surface area contributed by atoms with Gasteiger partial charge < -0.3 is 5.32 Å². The van der Waals surface area contributed by atoms with Crippen molar-refractivity contribution < 1.29 is 4.79 Å². The zero-order valence-corrected chi connectivity index (χ0v) is 9.09. The summed E-state index contributed by atoms with van der Waals surface area (Å²) in [5.74, 6) is 0.506. The maximum Gasteiger partial charge on any atom is 0.222 e. The van der Waals surface area contributed by atoms with Gasteiger partial charge in [-0.1, -0.05) is 26.8 Å². The van der Waals surface area contributed by atoms with Crippen molar-refractivity contribution in [2.24, 2.45) is 0 Å². The molecule has 76 valence electrons. The number of nitrogens with zero attached hydrogens (tertiary/aromatic N) is 1. The molecule has 0 aromatic carbocycles. The maximum atomic E-state index is 10.7. The second-order valence-corrected chi connectivity index (χ2v) is 4.36. The summed E-state index contributed by atoms with van der Waals surface area (Å²) >= 11 is 0. The van der Waals surface area contributed by atoms with Gasteiger partial charge >= 0.3 is 0 Å². The first kappa shape index (κ1) is 10.7. The van der Waals surface area contributed by atoms with Crippen molar-refractivity contribution in [2.75, 3.05) is 5.32 Å². The number of carbonyl (C=O) groups is 1. The Morgan fingerprint density at radius 1 is 1.36 bits per heavy atom. The number of hydrogen-bond donors (Lipinski definition) is 1. The number of hydrogen-bond acceptors (Lipinski definition) is 2. The highest BCUT2D eigenvalue weighted by molar-refractivity contribution is 5.87. The molecule has 0 fully saturated rings. The molecular weight excluding hydrogens is 176 g/mol. The number of carbonyl (C=O) groups excluding carboxylic acids is 1. The Morgan fingerprint density at radius 3 is 2.36 bits per heavy atom. The van der Waals surface area contributed by atoms with Gasteiger partial charge in [0.25, 0.3) is 0 Å². The Balaban J connectivity index is 2.84. The van der Waals surface area contributed by atoms with Crippen LogP contribution in [0.15, 0.2) is 18.3 Å². The van der Waals surface area contributed by atoms with E-state index >= 15 is 0 Å². The van der Waals surface area contributed by atoms with Crippen LogP contribution in [-0.2, 0) is 10.2 Å². The molecule has 1 heterocycles. The predicted molar refractivity (Wildman–Crippen MR) is 57.2 cm³/mol. The Morgan fingerprint density at radius 2 is 2.00 bits per heavy atom. The molecule has 0 radical (unpaired) electrons. The van der Waals surface area contributed by atoms with Gasteiger partial charge in [-0.15, -0.1) is 0 Å². The minimum Gasteiger partial charge on any atom is -0.311 e. The van der Waals surface area contributed by atoms with Gasteiger partial charge in [-0.2, -0.15) is 0 Å². The molecule has 0 aliphatic carbocycles. The molecule has 0 aliphatic rings. The lowest BCUT2D eigenvalue weighted by molar-refractivity contribution is -0.114. The van der Waals surface area contributed by atoms with Gasteiger partial charge in [-0.25, -0.2) is 4.98 Å². The molecule has 14 heavy (non-hydrogen) atoms. The lowest BCUT2D eigenvalue weighted by atomic mass is 9.88. The van der Waals surface area contributed by atoms with E-state index in [9.17, 15) is 4.79 Å². The second-order valence-electron chi connectivity index (χ2n) is 4.36. The first-order valence-corrected chi connectivity index (χ1v) is 4.64. The molecule has 1 N–H and O–H groups in total. The molecule has 0 spiro atoms. The number of rotatable bonds is 1. The molecule has 0 atom stereocenters. The highest BCUT2D eigenvalue weighted by Gasteiger charge is 2.13. The van der Waals surface area contributed by atoms with Gasteiger partial charge in [-0.05, 0) is 17.0 Å². The summed E-state index contributed by atoms with van der Waals surface area (Å²) in [5.41, 5.74) is 1.26. The lowest BCUT2D eigenvalue weighted by Crippen LogP contribution is -2.12. The Kier molecular flexibility index (Phi) is 2.89. The van der Waals surface area contributed by atoms with E-state index < -0.39 is 0 Å². The molecule has 1 aromatic rings. The highest BCUT2D eigenvalue weighted by atomic mass is 16.1. The molecule has 3 nitrogen and oxygen atoms in total. The number of nitrogens with one attached hydrogen (secondary N) is 1. The largest absolute Gasteiger partial charge is 0.311 e. The van der Waals surface area contributed by atoms with E-state index in [0.29, 0.717) is 5.82 Å². The lowest BCUT2D eigenvalue weighted by Gasteiger charge is -2.18. The SMILES string of the molecule is CC(=O)Nc1ccc(C(C)(C)C)cn1. The van der Waals surface area contributed by atoms with Crippen LogP contribution in [0.2, 0.25) is 0 Å². The van der Waals surface area contributed by atoms with Crippen LogP contribution >= 0.6 is 0 Å². The minimum atomic E-state index is -0.0963. The molecule has 0 saturated carbocycles. The first-order valence-electron chi connectivity index (χ1n) is 4.64. The van der Waals surface area contributed by atoms with Crippen LogP contribution in [0.3, 0.4) is 0 Å². The van der Waals surface area contributed by atoms with Crippen molar-refractivity contribution in [3.63, 3.8) is 0 Å². The van der Waals surface area contributed by atoms with E-state index in [4.69, 9.17) is 0 Å². The third-order valence-corrected chi connectivity index (χ3v) is 1.93. The predicted octanol–water partition coefficient (Wildman–Crippen LogP) is 2.34. The van der Waals surface area contributed by atoms with E-state index in [1.165, 1.54) is 6.92 Å². The standard InChI is InChI=1S/C11H16N2O/c1-8(14)13-10-6-5-9(7-12-10)11(2,3)4/h5-7H,1-4H3,(H,12,13,14). The third kappa shape index (κ3) is 2.83. The van der Waals surface area contributed by atoms with Crippen LogP contribution in [0.4, 0.5) is 5.82 Å². The summed E-state index contributed by atoms with van der Waals surface area (Å²) in [6.45, 7) is 7.85. The smallest absolute Gasteiger partial charge is 0.222 e. The summed E-state index contributed by atoms with van der Waals surface area (Å²) in [6.07, 6.45) is 1.80. The fourth-order valence-electron chi connectivity index (χ4n) is 1.09. The minimum absolute atomic E-state index is 0.0963. The number of aromatic nitrogens is 1. The molecule has 0 aliphatic heterocycles. The van der Waals surface area contributed by atoms with Gasteiger partial charge in [0.1, 0.15) is 5.82 Å². The normalized spacial score (nSPS) is 11.1. The van der Waals surface area contributed by atoms with Gasteiger partial charge in [0, 0.05) is 13.1 Å². The van der Waals surface area contributed by atoms with Crippen LogP contribution in [-0.4, -0.2) is 10.9 Å². The maximum absolute atomic E-state index is 10.7. The van der Waals surface area contributed by atoms with Crippen molar-refractivity contribution in [3.8, 4) is 0 Å². The molecule has 1 aromatic heterocycles. The van der Waals surface area contributed by atoms with Gasteiger partial charge in [0.15, 0.2) is 0 Å². The summed E-state index contributed by atoms with van der Waals surface area (Å²) in [5, 5.41) is 2.63. The van der Waals surface area contributed by atoms with Crippen molar-refractivity contribution in [3.05, 3.63) is 23.9 Å². The van der Waals surface area contributed by atoms with E-state index in [2.05, 4.69) is 31.1 Å². The highest BCUT2D eigenvalue weighted by Crippen LogP contribution is 2.21. The van der Waals surface area contributed by atoms with E-state index in [1.807, 2.05) is 12.1 Å². The third-order valence-electron chi connectivity index (χ3n) is 1.93. The van der Waals surface area contributed by atoms with Crippen molar-refractivity contribution in [2.45, 2.75) is 33.1 Å². The van der Waals surface area contributed by atoms with E-state index in [1.54, 1.807) is 6.20 Å². The fourth-order valence-corrected chi connectivity index (χ4v) is 1.09. The summed E-state index contributed by atoms with van der Waals surface area (Å²) in [7, 11) is 0. The average molecular weight is 192 g/mol. The Labute approximate surface area is 84.6 Å². The quantitative estimate of drug-likeness (QED) is 0.742. The van der Waals surface area contributed by atoms with Crippen molar-refractivity contribution in [1.82, 2.24) is 4.98 Å². The topological polar surface area (TPSA) is 42.0 Å². The zero-order valence-electron chi connectivity index (χ0n) is 9.09. The van der Waals surface area contributed by atoms with Crippen LogP contribution in [0, 0.1) is 0 Å². The molecule has 0 bridgehead atoms. The number of pyridine rings is 1. The van der Waals surface area contributed by atoms with Crippen LogP contribution < -0.4 is 5.32 Å². The van der Waals surface area contributed by atoms with Crippen LogP contribution in [0.25, 0.3) is 0 Å². The first-order chi connectivity index (χ1) is 6.39. The molecular formula is C11H16N2O. The summed E-state index contributed by atoms with van der Waals surface area (Å²) < 4.78 is 0. The van der Waals surface area contributed by atoms with Crippen LogP contribution in [0.1, 0.15) is 33.3 Å². The Hall–Kier alpha value is -1.38. The second kappa shape index (κ2) is 3.78. The van der Waals surface area contributed by atoms with Crippen molar-refractivity contribution in [1.29, 1.82) is 0 Å². The van der Waals surface area contributed by atoms with Crippen LogP contribution in [0.5, 0.6) is 0 Å². The molecule has 0 saturated heterocycles. The monoisotopic (exact) mass is 192 g/mol. The molecule has 0 unspecified atom stereocenters. The molecule has 1 amide bonds. The van der Waals surface area contributed by atoms with Gasteiger partial charge in [0.2, 0.25) is 5.91 Å².